The zero-order valence-corrected chi connectivity index (χ0v) is 11.8. The topological polar surface area (TPSA) is 20.2 Å². The second kappa shape index (κ2) is 4.99. The van der Waals surface area contributed by atoms with E-state index in [0.717, 1.165) is 10.4 Å². The Morgan fingerprint density at radius 1 is 1.12 bits per heavy atom. The minimum atomic E-state index is -0.717. The lowest BCUT2D eigenvalue weighted by Crippen LogP contribution is -2.00. The first-order valence-electron chi connectivity index (χ1n) is 5.19. The lowest BCUT2D eigenvalue weighted by Gasteiger charge is -2.13. The molecule has 0 saturated heterocycles. The van der Waals surface area contributed by atoms with Crippen LogP contribution in [0.4, 0.5) is 0 Å². The average Bonchev–Trinajstić information content (AvgIpc) is 2.60. The van der Waals surface area contributed by atoms with Crippen LogP contribution >= 0.6 is 34.5 Å². The van der Waals surface area contributed by atoms with Crippen molar-refractivity contribution in [2.75, 3.05) is 0 Å². The Morgan fingerprint density at radius 3 is 2.41 bits per heavy atom. The lowest BCUT2D eigenvalue weighted by atomic mass is 10.0. The van der Waals surface area contributed by atoms with Crippen LogP contribution in [-0.4, -0.2) is 5.11 Å². The van der Waals surface area contributed by atoms with Gasteiger partial charge in [0.25, 0.3) is 0 Å². The van der Waals surface area contributed by atoms with Crippen molar-refractivity contribution in [1.29, 1.82) is 0 Å². The molecule has 0 spiro atoms. The third kappa shape index (κ3) is 2.66. The molecule has 1 unspecified atom stereocenters. The van der Waals surface area contributed by atoms with Gasteiger partial charge in [-0.05, 0) is 43.7 Å². The first-order chi connectivity index (χ1) is 7.99. The maximum atomic E-state index is 10.4. The maximum absolute atomic E-state index is 10.4. The summed E-state index contributed by atoms with van der Waals surface area (Å²) < 4.78 is 0. The van der Waals surface area contributed by atoms with E-state index in [4.69, 9.17) is 23.2 Å². The van der Waals surface area contributed by atoms with Crippen LogP contribution in [0.5, 0.6) is 0 Å². The standard InChI is InChI=1S/C13H12Cl2OS/c1-7-5-10(8(2)17-7)13(16)11-6-9(14)3-4-12(11)15/h3-6,13,16H,1-2H3. The summed E-state index contributed by atoms with van der Waals surface area (Å²) in [6, 6.07) is 7.12. The van der Waals surface area contributed by atoms with Gasteiger partial charge in [-0.15, -0.1) is 11.3 Å². The predicted molar refractivity (Wildman–Crippen MR) is 74.3 cm³/mol. The van der Waals surface area contributed by atoms with E-state index in [-0.39, 0.29) is 0 Å². The summed E-state index contributed by atoms with van der Waals surface area (Å²) in [5.41, 5.74) is 1.55. The molecule has 0 aliphatic rings. The van der Waals surface area contributed by atoms with E-state index in [9.17, 15) is 5.11 Å². The molecule has 2 aromatic rings. The van der Waals surface area contributed by atoms with E-state index in [1.54, 1.807) is 29.5 Å². The molecular weight excluding hydrogens is 275 g/mol. The molecule has 2 rings (SSSR count). The summed E-state index contributed by atoms with van der Waals surface area (Å²) >= 11 is 13.7. The number of rotatable bonds is 2. The molecule has 1 atom stereocenters. The van der Waals surface area contributed by atoms with Crippen molar-refractivity contribution in [3.05, 3.63) is 55.2 Å². The summed E-state index contributed by atoms with van der Waals surface area (Å²) in [4.78, 5) is 2.28. The molecule has 1 nitrogen and oxygen atoms in total. The second-order valence-corrected chi connectivity index (χ2v) is 6.24. The number of aryl methyl sites for hydroxylation is 2. The van der Waals surface area contributed by atoms with Crippen LogP contribution in [0.1, 0.15) is 27.0 Å². The predicted octanol–water partition coefficient (Wildman–Crippen LogP) is 4.75. The van der Waals surface area contributed by atoms with Gasteiger partial charge in [-0.3, -0.25) is 0 Å². The minimum absolute atomic E-state index is 0.533. The van der Waals surface area contributed by atoms with Gasteiger partial charge in [0.2, 0.25) is 0 Å². The smallest absolute Gasteiger partial charge is 0.107 e. The Kier molecular flexibility index (Phi) is 3.79. The molecule has 0 saturated carbocycles. The van der Waals surface area contributed by atoms with Gasteiger partial charge in [0, 0.05) is 25.4 Å². The highest BCUT2D eigenvalue weighted by atomic mass is 35.5. The third-order valence-electron chi connectivity index (χ3n) is 2.63. The van der Waals surface area contributed by atoms with E-state index in [1.165, 1.54) is 4.88 Å². The summed E-state index contributed by atoms with van der Waals surface area (Å²) in [7, 11) is 0. The Balaban J connectivity index is 2.46. The highest BCUT2D eigenvalue weighted by Crippen LogP contribution is 2.34. The number of hydrogen-bond donors (Lipinski definition) is 1. The highest BCUT2D eigenvalue weighted by molar-refractivity contribution is 7.12. The zero-order chi connectivity index (χ0) is 12.6. The molecule has 1 aromatic carbocycles. The van der Waals surface area contributed by atoms with E-state index < -0.39 is 6.10 Å². The number of halogens is 2. The van der Waals surface area contributed by atoms with Crippen LogP contribution in [0, 0.1) is 13.8 Å². The second-order valence-electron chi connectivity index (χ2n) is 3.94. The number of benzene rings is 1. The van der Waals surface area contributed by atoms with Crippen molar-refractivity contribution in [2.45, 2.75) is 20.0 Å². The fraction of sp³-hybridized carbons (Fsp3) is 0.231. The van der Waals surface area contributed by atoms with Crippen molar-refractivity contribution in [3.8, 4) is 0 Å². The molecule has 0 amide bonds. The molecule has 0 bridgehead atoms. The molecule has 1 aromatic heterocycles. The number of aliphatic hydroxyl groups is 1. The average molecular weight is 287 g/mol. The maximum Gasteiger partial charge on any atom is 0.107 e. The summed E-state index contributed by atoms with van der Waals surface area (Å²) in [5.74, 6) is 0. The van der Waals surface area contributed by atoms with E-state index >= 15 is 0 Å². The third-order valence-corrected chi connectivity index (χ3v) is 4.19. The van der Waals surface area contributed by atoms with Crippen molar-refractivity contribution in [1.82, 2.24) is 0 Å². The van der Waals surface area contributed by atoms with Crippen molar-refractivity contribution < 1.29 is 5.11 Å². The Morgan fingerprint density at radius 2 is 1.82 bits per heavy atom. The molecule has 4 heteroatoms. The first-order valence-corrected chi connectivity index (χ1v) is 6.76. The number of hydrogen-bond acceptors (Lipinski definition) is 2. The van der Waals surface area contributed by atoms with Gasteiger partial charge in [0.15, 0.2) is 0 Å². The van der Waals surface area contributed by atoms with Crippen LogP contribution in [-0.2, 0) is 0 Å². The SMILES string of the molecule is Cc1cc(C(O)c2cc(Cl)ccc2Cl)c(C)s1. The van der Waals surface area contributed by atoms with Crippen LogP contribution in [0.25, 0.3) is 0 Å². The molecule has 17 heavy (non-hydrogen) atoms. The normalized spacial score (nSPS) is 12.8. The van der Waals surface area contributed by atoms with Crippen LogP contribution in [0.3, 0.4) is 0 Å². The van der Waals surface area contributed by atoms with Crippen LogP contribution in [0.2, 0.25) is 10.0 Å². The van der Waals surface area contributed by atoms with Gasteiger partial charge < -0.3 is 5.11 Å². The Hall–Kier alpha value is -0.540. The van der Waals surface area contributed by atoms with Gasteiger partial charge >= 0.3 is 0 Å². The van der Waals surface area contributed by atoms with Crippen molar-refractivity contribution in [3.63, 3.8) is 0 Å². The number of thiophene rings is 1. The van der Waals surface area contributed by atoms with Gasteiger partial charge in [-0.1, -0.05) is 23.2 Å². The van der Waals surface area contributed by atoms with Crippen molar-refractivity contribution in [2.24, 2.45) is 0 Å². The van der Waals surface area contributed by atoms with E-state index in [2.05, 4.69) is 0 Å². The Bertz CT molecular complexity index is 548. The summed E-state index contributed by atoms with van der Waals surface area (Å²) in [6.45, 7) is 4.02. The zero-order valence-electron chi connectivity index (χ0n) is 9.50. The summed E-state index contributed by atoms with van der Waals surface area (Å²) in [6.07, 6.45) is -0.717. The molecule has 1 heterocycles. The fourth-order valence-corrected chi connectivity index (χ4v) is 3.17. The van der Waals surface area contributed by atoms with Gasteiger partial charge in [-0.2, -0.15) is 0 Å². The largest absolute Gasteiger partial charge is 0.384 e. The molecule has 90 valence electrons. The molecule has 0 fully saturated rings. The van der Waals surface area contributed by atoms with E-state index in [0.29, 0.717) is 15.6 Å². The van der Waals surface area contributed by atoms with Gasteiger partial charge in [0.1, 0.15) is 6.10 Å². The molecule has 1 N–H and O–H groups in total. The molecule has 0 radical (unpaired) electrons. The van der Waals surface area contributed by atoms with E-state index in [1.807, 2.05) is 19.9 Å². The molecule has 0 aliphatic heterocycles. The lowest BCUT2D eigenvalue weighted by molar-refractivity contribution is 0.220. The van der Waals surface area contributed by atoms with Crippen LogP contribution < -0.4 is 0 Å². The quantitative estimate of drug-likeness (QED) is 0.844. The van der Waals surface area contributed by atoms with Crippen molar-refractivity contribution >= 4 is 34.5 Å². The molecule has 0 aliphatic carbocycles. The van der Waals surface area contributed by atoms with Gasteiger partial charge in [-0.25, -0.2) is 0 Å². The number of aliphatic hydroxyl groups excluding tert-OH is 1. The molecular formula is C13H12Cl2OS. The minimum Gasteiger partial charge on any atom is -0.384 e. The monoisotopic (exact) mass is 286 g/mol. The Labute approximate surface area is 115 Å². The highest BCUT2D eigenvalue weighted by Gasteiger charge is 2.18. The first kappa shape index (κ1) is 12.9. The fourth-order valence-electron chi connectivity index (χ4n) is 1.81. The van der Waals surface area contributed by atoms with Crippen LogP contribution in [0.15, 0.2) is 24.3 Å². The van der Waals surface area contributed by atoms with Gasteiger partial charge in [0.05, 0.1) is 0 Å². The summed E-state index contributed by atoms with van der Waals surface area (Å²) in [5, 5.41) is 11.5.